The summed E-state index contributed by atoms with van der Waals surface area (Å²) in [6.07, 6.45) is 4.65. The van der Waals surface area contributed by atoms with Gasteiger partial charge in [0.1, 0.15) is 5.75 Å². The quantitative estimate of drug-likeness (QED) is 0.519. The molecule has 180 valence electrons. The smallest absolute Gasteiger partial charge is 0.224 e. The minimum Gasteiger partial charge on any atom is -0.493 e. The normalized spacial score (nSPS) is 18.5. The van der Waals surface area contributed by atoms with Crippen LogP contribution in [0.25, 0.3) is 0 Å². The van der Waals surface area contributed by atoms with Crippen molar-refractivity contribution in [3.63, 3.8) is 0 Å². The van der Waals surface area contributed by atoms with Crippen molar-refractivity contribution in [3.8, 4) is 17.2 Å². The summed E-state index contributed by atoms with van der Waals surface area (Å²) in [5.41, 5.74) is 2.09. The lowest BCUT2D eigenvalue weighted by atomic mass is 9.88. The predicted octanol–water partition coefficient (Wildman–Crippen LogP) is 3.84. The van der Waals surface area contributed by atoms with E-state index in [2.05, 4.69) is 28.2 Å². The zero-order chi connectivity index (χ0) is 23.6. The van der Waals surface area contributed by atoms with E-state index in [1.165, 1.54) is 0 Å². The predicted molar refractivity (Wildman–Crippen MR) is 129 cm³/mol. The zero-order valence-corrected chi connectivity index (χ0v) is 20.3. The molecule has 1 aromatic heterocycles. The van der Waals surface area contributed by atoms with Crippen molar-refractivity contribution in [2.75, 3.05) is 40.5 Å². The number of methoxy groups -OCH3 is 2. The van der Waals surface area contributed by atoms with Crippen LogP contribution >= 0.6 is 0 Å². The molecular formula is C26H37N3O4. The Balaban J connectivity index is 1.68. The largest absolute Gasteiger partial charge is 0.493 e. The number of carbonyl (C=O) groups excluding carboxylic acids is 1. The Hall–Kier alpha value is -2.80. The Morgan fingerprint density at radius 3 is 2.67 bits per heavy atom. The lowest BCUT2D eigenvalue weighted by Gasteiger charge is -2.37. The number of aryl methyl sites for hydroxylation is 1. The molecule has 0 spiro atoms. The average molecular weight is 456 g/mol. The second-order valence-corrected chi connectivity index (χ2v) is 8.77. The van der Waals surface area contributed by atoms with Crippen molar-refractivity contribution in [2.45, 2.75) is 39.7 Å². The number of aromatic nitrogens is 1. The van der Waals surface area contributed by atoms with Gasteiger partial charge in [-0.15, -0.1) is 0 Å². The number of rotatable bonds is 11. The van der Waals surface area contributed by atoms with Crippen LogP contribution in [0.1, 0.15) is 37.4 Å². The number of nitrogens with one attached hydrogen (secondary N) is 1. The molecule has 0 aliphatic carbocycles. The Labute approximate surface area is 197 Å². The molecule has 0 bridgehead atoms. The van der Waals surface area contributed by atoms with Crippen molar-refractivity contribution in [1.82, 2.24) is 15.2 Å². The SMILES string of the molecule is CCCCNC(=O)[C@@H]1C[C@H](COc2ccc(C)nc2)CN(Cc2ccc(OC)c(OC)c2)C1. The summed E-state index contributed by atoms with van der Waals surface area (Å²) < 4.78 is 16.9. The lowest BCUT2D eigenvalue weighted by molar-refractivity contribution is -0.127. The third-order valence-corrected chi connectivity index (χ3v) is 6.04. The highest BCUT2D eigenvalue weighted by molar-refractivity contribution is 5.79. The first-order valence-electron chi connectivity index (χ1n) is 11.8. The first-order valence-corrected chi connectivity index (χ1v) is 11.8. The fourth-order valence-electron chi connectivity index (χ4n) is 4.27. The summed E-state index contributed by atoms with van der Waals surface area (Å²) in [6.45, 7) is 7.72. The molecule has 33 heavy (non-hydrogen) atoms. The van der Waals surface area contributed by atoms with Crippen LogP contribution in [0.5, 0.6) is 17.2 Å². The van der Waals surface area contributed by atoms with E-state index in [9.17, 15) is 4.79 Å². The fraction of sp³-hybridized carbons (Fsp3) is 0.538. The van der Waals surface area contributed by atoms with Crippen molar-refractivity contribution in [2.24, 2.45) is 11.8 Å². The monoisotopic (exact) mass is 455 g/mol. The molecule has 2 aromatic rings. The van der Waals surface area contributed by atoms with E-state index < -0.39 is 0 Å². The van der Waals surface area contributed by atoms with E-state index in [-0.39, 0.29) is 17.7 Å². The Bertz CT molecular complexity index is 888. The number of hydrogen-bond donors (Lipinski definition) is 1. The van der Waals surface area contributed by atoms with Gasteiger partial charge in [-0.25, -0.2) is 0 Å². The molecule has 1 aromatic carbocycles. The van der Waals surface area contributed by atoms with E-state index in [4.69, 9.17) is 14.2 Å². The Morgan fingerprint density at radius 2 is 1.97 bits per heavy atom. The third-order valence-electron chi connectivity index (χ3n) is 6.04. The second-order valence-electron chi connectivity index (χ2n) is 8.77. The number of likely N-dealkylation sites (tertiary alicyclic amines) is 1. The number of piperidine rings is 1. The number of amides is 1. The molecule has 2 heterocycles. The van der Waals surface area contributed by atoms with E-state index >= 15 is 0 Å². The van der Waals surface area contributed by atoms with Crippen LogP contribution in [-0.2, 0) is 11.3 Å². The van der Waals surface area contributed by atoms with E-state index in [1.54, 1.807) is 20.4 Å². The lowest BCUT2D eigenvalue weighted by Crippen LogP contribution is -2.47. The van der Waals surface area contributed by atoms with Gasteiger partial charge in [0.05, 0.1) is 32.9 Å². The van der Waals surface area contributed by atoms with Gasteiger partial charge in [-0.05, 0) is 49.6 Å². The highest BCUT2D eigenvalue weighted by atomic mass is 16.5. The molecule has 0 radical (unpaired) electrons. The number of nitrogens with zero attached hydrogens (tertiary/aromatic N) is 2. The van der Waals surface area contributed by atoms with Gasteiger partial charge in [-0.3, -0.25) is 14.7 Å². The van der Waals surface area contributed by atoms with Gasteiger partial charge >= 0.3 is 0 Å². The van der Waals surface area contributed by atoms with Crippen LogP contribution in [-0.4, -0.2) is 56.3 Å². The molecule has 7 heteroatoms. The minimum absolute atomic E-state index is 0.0551. The van der Waals surface area contributed by atoms with Crippen molar-refractivity contribution < 1.29 is 19.0 Å². The average Bonchev–Trinajstić information content (AvgIpc) is 2.83. The zero-order valence-electron chi connectivity index (χ0n) is 20.3. The summed E-state index contributed by atoms with van der Waals surface area (Å²) in [6, 6.07) is 9.88. The van der Waals surface area contributed by atoms with Crippen molar-refractivity contribution in [1.29, 1.82) is 0 Å². The van der Waals surface area contributed by atoms with Gasteiger partial charge in [0.25, 0.3) is 0 Å². The number of ether oxygens (including phenoxy) is 3. The van der Waals surface area contributed by atoms with Crippen LogP contribution in [0.3, 0.4) is 0 Å². The molecule has 1 aliphatic rings. The number of carbonyl (C=O) groups is 1. The van der Waals surface area contributed by atoms with Gasteiger partial charge in [0.2, 0.25) is 5.91 Å². The molecule has 0 unspecified atom stereocenters. The Kier molecular flexibility index (Phi) is 9.36. The molecule has 1 saturated heterocycles. The molecule has 3 rings (SSSR count). The van der Waals surface area contributed by atoms with E-state index in [0.29, 0.717) is 18.1 Å². The molecular weight excluding hydrogens is 418 g/mol. The summed E-state index contributed by atoms with van der Waals surface area (Å²) in [4.78, 5) is 19.5. The molecule has 2 atom stereocenters. The number of pyridine rings is 1. The summed E-state index contributed by atoms with van der Waals surface area (Å²) in [5, 5.41) is 3.12. The van der Waals surface area contributed by atoms with Gasteiger partial charge in [0.15, 0.2) is 11.5 Å². The first-order chi connectivity index (χ1) is 16.0. The standard InChI is InChI=1S/C26H37N3O4/c1-5-6-11-27-26(30)22-12-21(18-33-23-9-7-19(2)28-14-23)16-29(17-22)15-20-8-10-24(31-3)25(13-20)32-4/h7-10,13-14,21-22H,5-6,11-12,15-18H2,1-4H3,(H,27,30)/t21-,22+/m0/s1. The van der Waals surface area contributed by atoms with Crippen molar-refractivity contribution >= 4 is 5.91 Å². The van der Waals surface area contributed by atoms with Crippen LogP contribution in [0, 0.1) is 18.8 Å². The number of benzene rings is 1. The maximum atomic E-state index is 12.9. The molecule has 1 fully saturated rings. The van der Waals surface area contributed by atoms with Crippen LogP contribution in [0.2, 0.25) is 0 Å². The maximum absolute atomic E-state index is 12.9. The number of hydrogen-bond acceptors (Lipinski definition) is 6. The minimum atomic E-state index is -0.0551. The van der Waals surface area contributed by atoms with Crippen molar-refractivity contribution in [3.05, 3.63) is 47.8 Å². The summed E-state index contributed by atoms with van der Waals surface area (Å²) in [7, 11) is 3.28. The van der Waals surface area contributed by atoms with Gasteiger partial charge in [0, 0.05) is 37.8 Å². The van der Waals surface area contributed by atoms with Gasteiger partial charge in [-0.2, -0.15) is 0 Å². The summed E-state index contributed by atoms with van der Waals surface area (Å²) in [5.74, 6) is 2.53. The number of unbranched alkanes of at least 4 members (excludes halogenated alkanes) is 1. The molecule has 0 saturated carbocycles. The van der Waals surface area contributed by atoms with Gasteiger partial charge in [-0.1, -0.05) is 19.4 Å². The molecule has 1 amide bonds. The van der Waals surface area contributed by atoms with Crippen LogP contribution < -0.4 is 19.5 Å². The third kappa shape index (κ3) is 7.35. The Morgan fingerprint density at radius 1 is 1.15 bits per heavy atom. The van der Waals surface area contributed by atoms with Gasteiger partial charge < -0.3 is 19.5 Å². The summed E-state index contributed by atoms with van der Waals surface area (Å²) >= 11 is 0. The topological polar surface area (TPSA) is 72.9 Å². The molecule has 1 aliphatic heterocycles. The molecule has 1 N–H and O–H groups in total. The molecule has 7 nitrogen and oxygen atoms in total. The fourth-order valence-corrected chi connectivity index (χ4v) is 4.27. The van der Waals surface area contributed by atoms with E-state index in [1.807, 2.05) is 31.2 Å². The second kappa shape index (κ2) is 12.4. The van der Waals surface area contributed by atoms with E-state index in [0.717, 1.165) is 62.4 Å². The maximum Gasteiger partial charge on any atom is 0.224 e. The van der Waals surface area contributed by atoms with Crippen LogP contribution in [0.15, 0.2) is 36.5 Å². The highest BCUT2D eigenvalue weighted by Crippen LogP contribution is 2.30. The highest BCUT2D eigenvalue weighted by Gasteiger charge is 2.32. The van der Waals surface area contributed by atoms with Crippen LogP contribution in [0.4, 0.5) is 0 Å². The first kappa shape index (κ1) is 24.8.